The number of piperazine rings is 1. The molecule has 2 nitrogen and oxygen atoms in total. The largest absolute Gasteiger partial charge is 0.368 e. The van der Waals surface area contributed by atoms with Gasteiger partial charge in [-0.25, -0.2) is 0 Å². The highest BCUT2D eigenvalue weighted by molar-refractivity contribution is 9.10. The Hall–Kier alpha value is -0.540. The fourth-order valence-electron chi connectivity index (χ4n) is 3.07. The summed E-state index contributed by atoms with van der Waals surface area (Å²) in [6.45, 7) is 7.07. The first-order valence-electron chi connectivity index (χ1n) is 6.49. The lowest BCUT2D eigenvalue weighted by atomic mass is 10.1. The van der Waals surface area contributed by atoms with Crippen LogP contribution in [0.5, 0.6) is 0 Å². The molecule has 1 atom stereocenters. The minimum atomic E-state index is 0.788. The summed E-state index contributed by atoms with van der Waals surface area (Å²) in [5.74, 6) is 0. The van der Waals surface area contributed by atoms with Crippen LogP contribution < -0.4 is 4.90 Å². The SMILES string of the molecule is Cc1ccc(Br)c(N2CCN3CCCC3C2)c1. The van der Waals surface area contributed by atoms with Crippen LogP contribution in [0.3, 0.4) is 0 Å². The molecule has 0 saturated carbocycles. The van der Waals surface area contributed by atoms with E-state index in [9.17, 15) is 0 Å². The summed E-state index contributed by atoms with van der Waals surface area (Å²) in [5.41, 5.74) is 2.72. The smallest absolute Gasteiger partial charge is 0.0514 e. The van der Waals surface area contributed by atoms with E-state index in [0.29, 0.717) is 0 Å². The summed E-state index contributed by atoms with van der Waals surface area (Å²) in [4.78, 5) is 5.20. The van der Waals surface area contributed by atoms with Crippen LogP contribution in [0.2, 0.25) is 0 Å². The Balaban J connectivity index is 1.82. The minimum Gasteiger partial charge on any atom is -0.368 e. The molecule has 0 aliphatic carbocycles. The van der Waals surface area contributed by atoms with Crippen LogP contribution in [0, 0.1) is 6.92 Å². The molecule has 2 aliphatic heterocycles. The zero-order valence-corrected chi connectivity index (χ0v) is 11.9. The molecule has 1 aromatic rings. The number of nitrogens with zero attached hydrogens (tertiary/aromatic N) is 2. The van der Waals surface area contributed by atoms with Gasteiger partial charge in [-0.1, -0.05) is 6.07 Å². The van der Waals surface area contributed by atoms with Crippen molar-refractivity contribution in [3.05, 3.63) is 28.2 Å². The van der Waals surface area contributed by atoms with E-state index in [-0.39, 0.29) is 0 Å². The first-order valence-corrected chi connectivity index (χ1v) is 7.28. The molecule has 0 aromatic heterocycles. The topological polar surface area (TPSA) is 6.48 Å². The van der Waals surface area contributed by atoms with Crippen LogP contribution in [0.4, 0.5) is 5.69 Å². The molecule has 0 bridgehead atoms. The molecule has 3 rings (SSSR count). The molecule has 0 amide bonds. The van der Waals surface area contributed by atoms with Crippen molar-refractivity contribution >= 4 is 21.6 Å². The number of hydrogen-bond acceptors (Lipinski definition) is 2. The molecule has 2 fully saturated rings. The molecule has 2 aliphatic rings. The zero-order valence-electron chi connectivity index (χ0n) is 10.3. The van der Waals surface area contributed by atoms with E-state index in [1.165, 1.54) is 54.7 Å². The van der Waals surface area contributed by atoms with Gasteiger partial charge in [0, 0.05) is 30.1 Å². The Labute approximate surface area is 112 Å². The molecule has 0 spiro atoms. The number of aryl methyl sites for hydroxylation is 1. The summed E-state index contributed by atoms with van der Waals surface area (Å²) in [5, 5.41) is 0. The first-order chi connectivity index (χ1) is 8.24. The van der Waals surface area contributed by atoms with Crippen molar-refractivity contribution in [1.82, 2.24) is 4.90 Å². The Kier molecular flexibility index (Phi) is 3.14. The second-order valence-corrected chi connectivity index (χ2v) is 6.09. The van der Waals surface area contributed by atoms with E-state index in [1.807, 2.05) is 0 Å². The van der Waals surface area contributed by atoms with E-state index in [4.69, 9.17) is 0 Å². The third-order valence-electron chi connectivity index (χ3n) is 4.03. The van der Waals surface area contributed by atoms with Gasteiger partial charge in [-0.15, -0.1) is 0 Å². The van der Waals surface area contributed by atoms with Gasteiger partial charge in [0.05, 0.1) is 5.69 Å². The normalized spacial score (nSPS) is 25.1. The summed E-state index contributed by atoms with van der Waals surface area (Å²) < 4.78 is 1.23. The van der Waals surface area contributed by atoms with Crippen molar-refractivity contribution in [2.24, 2.45) is 0 Å². The van der Waals surface area contributed by atoms with Crippen molar-refractivity contribution in [2.45, 2.75) is 25.8 Å². The predicted molar refractivity (Wildman–Crippen MR) is 75.7 cm³/mol. The van der Waals surface area contributed by atoms with Gasteiger partial charge in [0.1, 0.15) is 0 Å². The highest BCUT2D eigenvalue weighted by Crippen LogP contribution is 2.31. The van der Waals surface area contributed by atoms with Crippen molar-refractivity contribution < 1.29 is 0 Å². The van der Waals surface area contributed by atoms with Gasteiger partial charge in [-0.2, -0.15) is 0 Å². The Morgan fingerprint density at radius 2 is 2.12 bits per heavy atom. The summed E-state index contributed by atoms with van der Waals surface area (Å²) in [6.07, 6.45) is 2.76. The van der Waals surface area contributed by atoms with Crippen LogP contribution in [-0.2, 0) is 0 Å². The van der Waals surface area contributed by atoms with Crippen LogP contribution in [-0.4, -0.2) is 37.1 Å². The van der Waals surface area contributed by atoms with Crippen LogP contribution in [0.15, 0.2) is 22.7 Å². The van der Waals surface area contributed by atoms with Gasteiger partial charge in [-0.3, -0.25) is 4.90 Å². The van der Waals surface area contributed by atoms with Crippen LogP contribution in [0.1, 0.15) is 18.4 Å². The van der Waals surface area contributed by atoms with Gasteiger partial charge >= 0.3 is 0 Å². The summed E-state index contributed by atoms with van der Waals surface area (Å²) in [7, 11) is 0. The molecule has 2 heterocycles. The van der Waals surface area contributed by atoms with Crippen molar-refractivity contribution in [1.29, 1.82) is 0 Å². The van der Waals surface area contributed by atoms with Gasteiger partial charge in [0.15, 0.2) is 0 Å². The molecule has 2 saturated heterocycles. The van der Waals surface area contributed by atoms with Crippen molar-refractivity contribution in [3.63, 3.8) is 0 Å². The van der Waals surface area contributed by atoms with Gasteiger partial charge in [0.25, 0.3) is 0 Å². The third kappa shape index (κ3) is 2.23. The Morgan fingerprint density at radius 3 is 3.00 bits per heavy atom. The lowest BCUT2D eigenvalue weighted by Gasteiger charge is -2.39. The highest BCUT2D eigenvalue weighted by atomic mass is 79.9. The van der Waals surface area contributed by atoms with Crippen LogP contribution in [0.25, 0.3) is 0 Å². The fraction of sp³-hybridized carbons (Fsp3) is 0.571. The van der Waals surface area contributed by atoms with E-state index in [0.717, 1.165) is 6.04 Å². The minimum absolute atomic E-state index is 0.788. The number of benzene rings is 1. The number of hydrogen-bond donors (Lipinski definition) is 0. The van der Waals surface area contributed by atoms with Gasteiger partial charge < -0.3 is 4.90 Å². The zero-order chi connectivity index (χ0) is 11.8. The molecular weight excluding hydrogens is 276 g/mol. The molecule has 92 valence electrons. The van der Waals surface area contributed by atoms with Crippen molar-refractivity contribution in [2.75, 3.05) is 31.1 Å². The molecular formula is C14H19BrN2. The van der Waals surface area contributed by atoms with Crippen molar-refractivity contribution in [3.8, 4) is 0 Å². The molecule has 1 unspecified atom stereocenters. The molecule has 1 aromatic carbocycles. The summed E-state index contributed by atoms with van der Waals surface area (Å²) >= 11 is 3.68. The van der Waals surface area contributed by atoms with E-state index >= 15 is 0 Å². The van der Waals surface area contributed by atoms with E-state index in [2.05, 4.69) is 50.9 Å². The average molecular weight is 295 g/mol. The molecule has 0 N–H and O–H groups in total. The second kappa shape index (κ2) is 4.62. The molecule has 0 radical (unpaired) electrons. The second-order valence-electron chi connectivity index (χ2n) is 5.23. The third-order valence-corrected chi connectivity index (χ3v) is 4.70. The van der Waals surface area contributed by atoms with E-state index < -0.39 is 0 Å². The van der Waals surface area contributed by atoms with E-state index in [1.54, 1.807) is 0 Å². The highest BCUT2D eigenvalue weighted by Gasteiger charge is 2.30. The molecule has 17 heavy (non-hydrogen) atoms. The predicted octanol–water partition coefficient (Wildman–Crippen LogP) is 3.04. The Bertz CT molecular complexity index is 419. The standard InChI is InChI=1S/C14H19BrN2/c1-11-4-5-13(15)14(9-11)17-8-7-16-6-2-3-12(16)10-17/h4-5,9,12H,2-3,6-8,10H2,1H3. The first kappa shape index (κ1) is 11.5. The monoisotopic (exact) mass is 294 g/mol. The Morgan fingerprint density at radius 1 is 1.24 bits per heavy atom. The lowest BCUT2D eigenvalue weighted by molar-refractivity contribution is 0.231. The maximum absolute atomic E-state index is 3.68. The van der Waals surface area contributed by atoms with Crippen LogP contribution >= 0.6 is 15.9 Å². The van der Waals surface area contributed by atoms with Gasteiger partial charge in [-0.05, 0) is 59.9 Å². The van der Waals surface area contributed by atoms with Gasteiger partial charge in [0.2, 0.25) is 0 Å². The quantitative estimate of drug-likeness (QED) is 0.786. The number of rotatable bonds is 1. The summed E-state index contributed by atoms with van der Waals surface area (Å²) in [6, 6.07) is 7.43. The lowest BCUT2D eigenvalue weighted by Crippen LogP contribution is -2.50. The maximum Gasteiger partial charge on any atom is 0.0514 e. The number of fused-ring (bicyclic) bond motifs is 1. The maximum atomic E-state index is 3.68. The number of halogens is 1. The fourth-order valence-corrected chi connectivity index (χ4v) is 3.57. The number of anilines is 1. The average Bonchev–Trinajstić information content (AvgIpc) is 2.79. The molecule has 3 heteroatoms.